The topological polar surface area (TPSA) is 54.5 Å². The molecule has 5 nitrogen and oxygen atoms in total. The molecule has 0 saturated carbocycles. The van der Waals surface area contributed by atoms with E-state index in [1.807, 2.05) is 36.4 Å². The number of hydrogen-bond donors (Lipinski definition) is 1. The SMILES string of the molecule is CNC(=O)C1(c2ccccn2)CCCN(Cc2cccc(OCc3ccc(F)cc3)c2)C1. The van der Waals surface area contributed by atoms with Crippen molar-refractivity contribution >= 4 is 5.91 Å². The van der Waals surface area contributed by atoms with Gasteiger partial charge in [0.05, 0.1) is 5.69 Å². The van der Waals surface area contributed by atoms with Gasteiger partial charge >= 0.3 is 0 Å². The summed E-state index contributed by atoms with van der Waals surface area (Å²) < 4.78 is 19.0. The van der Waals surface area contributed by atoms with E-state index in [2.05, 4.69) is 21.3 Å². The Morgan fingerprint density at radius 1 is 1.12 bits per heavy atom. The Labute approximate surface area is 188 Å². The third-order valence-corrected chi connectivity index (χ3v) is 6.01. The standard InChI is InChI=1S/C26H28FN3O2/c1-28-25(31)26(24-8-2-3-14-29-24)13-5-15-30(19-26)17-21-6-4-7-23(16-21)32-18-20-9-11-22(27)12-10-20/h2-4,6-12,14,16H,5,13,15,17-19H2,1H3,(H,28,31). The normalized spacial score (nSPS) is 18.8. The predicted molar refractivity (Wildman–Crippen MR) is 122 cm³/mol. The summed E-state index contributed by atoms with van der Waals surface area (Å²) in [6.07, 6.45) is 3.45. The summed E-state index contributed by atoms with van der Waals surface area (Å²) in [4.78, 5) is 19.8. The predicted octanol–water partition coefficient (Wildman–Crippen LogP) is 4.08. The summed E-state index contributed by atoms with van der Waals surface area (Å²) in [6, 6.07) is 20.1. The number of halogens is 1. The van der Waals surface area contributed by atoms with Crippen LogP contribution < -0.4 is 10.1 Å². The van der Waals surface area contributed by atoms with Gasteiger partial charge in [-0.25, -0.2) is 4.39 Å². The van der Waals surface area contributed by atoms with E-state index in [1.54, 1.807) is 25.4 Å². The summed E-state index contributed by atoms with van der Waals surface area (Å²) in [7, 11) is 1.69. The van der Waals surface area contributed by atoms with Gasteiger partial charge in [-0.3, -0.25) is 14.7 Å². The van der Waals surface area contributed by atoms with Gasteiger partial charge in [0.1, 0.15) is 23.6 Å². The molecule has 1 fully saturated rings. The van der Waals surface area contributed by atoms with Crippen molar-refractivity contribution < 1.29 is 13.9 Å². The van der Waals surface area contributed by atoms with E-state index in [0.29, 0.717) is 13.2 Å². The molecule has 166 valence electrons. The van der Waals surface area contributed by atoms with Crippen molar-refractivity contribution in [1.29, 1.82) is 0 Å². The summed E-state index contributed by atoms with van der Waals surface area (Å²) in [5.41, 5.74) is 2.21. The first kappa shape index (κ1) is 22.0. The van der Waals surface area contributed by atoms with Gasteiger partial charge < -0.3 is 10.1 Å². The van der Waals surface area contributed by atoms with Crippen molar-refractivity contribution in [1.82, 2.24) is 15.2 Å². The number of aromatic nitrogens is 1. The van der Waals surface area contributed by atoms with E-state index in [0.717, 1.165) is 48.5 Å². The first-order valence-electron chi connectivity index (χ1n) is 10.9. The van der Waals surface area contributed by atoms with Gasteiger partial charge in [-0.2, -0.15) is 0 Å². The maximum atomic E-state index is 13.1. The van der Waals surface area contributed by atoms with Crippen LogP contribution in [0.5, 0.6) is 5.75 Å². The Morgan fingerprint density at radius 2 is 1.97 bits per heavy atom. The molecular formula is C26H28FN3O2. The lowest BCUT2D eigenvalue weighted by atomic mass is 9.75. The number of nitrogens with zero attached hydrogens (tertiary/aromatic N) is 2. The smallest absolute Gasteiger partial charge is 0.233 e. The molecule has 32 heavy (non-hydrogen) atoms. The Morgan fingerprint density at radius 3 is 2.72 bits per heavy atom. The molecule has 1 aromatic heterocycles. The molecule has 2 aromatic carbocycles. The zero-order chi connectivity index (χ0) is 22.4. The first-order chi connectivity index (χ1) is 15.6. The van der Waals surface area contributed by atoms with Crippen LogP contribution in [0.15, 0.2) is 72.9 Å². The van der Waals surface area contributed by atoms with Gasteiger partial charge in [0.25, 0.3) is 0 Å². The molecule has 1 unspecified atom stereocenters. The number of pyridine rings is 1. The van der Waals surface area contributed by atoms with Crippen LogP contribution in [0, 0.1) is 5.82 Å². The van der Waals surface area contributed by atoms with Crippen LogP contribution in [0.3, 0.4) is 0 Å². The number of benzene rings is 2. The highest BCUT2D eigenvalue weighted by Gasteiger charge is 2.44. The quantitative estimate of drug-likeness (QED) is 0.610. The van der Waals surface area contributed by atoms with Crippen LogP contribution in [0.25, 0.3) is 0 Å². The van der Waals surface area contributed by atoms with Crippen LogP contribution in [0.4, 0.5) is 4.39 Å². The van der Waals surface area contributed by atoms with Crippen molar-refractivity contribution in [3.63, 3.8) is 0 Å². The Hall–Kier alpha value is -3.25. The van der Waals surface area contributed by atoms with E-state index >= 15 is 0 Å². The number of amides is 1. The lowest BCUT2D eigenvalue weighted by Gasteiger charge is -2.41. The molecule has 2 heterocycles. The fourth-order valence-corrected chi connectivity index (χ4v) is 4.41. The maximum Gasteiger partial charge on any atom is 0.233 e. The zero-order valence-corrected chi connectivity index (χ0v) is 18.3. The van der Waals surface area contributed by atoms with Crippen LogP contribution in [-0.2, 0) is 23.4 Å². The second-order valence-electron chi connectivity index (χ2n) is 8.25. The molecule has 0 spiro atoms. The summed E-state index contributed by atoms with van der Waals surface area (Å²) in [5.74, 6) is 0.527. The Balaban J connectivity index is 1.46. The van der Waals surface area contributed by atoms with Crippen LogP contribution in [0.2, 0.25) is 0 Å². The average molecular weight is 434 g/mol. The van der Waals surface area contributed by atoms with Crippen molar-refractivity contribution in [2.24, 2.45) is 0 Å². The third-order valence-electron chi connectivity index (χ3n) is 6.01. The second-order valence-corrected chi connectivity index (χ2v) is 8.25. The van der Waals surface area contributed by atoms with Crippen molar-refractivity contribution in [3.8, 4) is 5.75 Å². The van der Waals surface area contributed by atoms with Crippen molar-refractivity contribution in [2.75, 3.05) is 20.1 Å². The van der Waals surface area contributed by atoms with Gasteiger partial charge in [-0.15, -0.1) is 0 Å². The highest BCUT2D eigenvalue weighted by atomic mass is 19.1. The summed E-state index contributed by atoms with van der Waals surface area (Å²) >= 11 is 0. The monoisotopic (exact) mass is 433 g/mol. The molecule has 1 amide bonds. The van der Waals surface area contributed by atoms with Gasteiger partial charge in [-0.1, -0.05) is 30.3 Å². The molecule has 0 radical (unpaired) electrons. The zero-order valence-electron chi connectivity index (χ0n) is 18.3. The number of carbonyl (C=O) groups excluding carboxylic acids is 1. The Bertz CT molecular complexity index is 1040. The lowest BCUT2D eigenvalue weighted by molar-refractivity contribution is -0.128. The number of ether oxygens (including phenoxy) is 1. The number of carbonyl (C=O) groups is 1. The Kier molecular flexibility index (Phi) is 6.81. The minimum atomic E-state index is -0.648. The number of piperidine rings is 1. The molecule has 1 atom stereocenters. The number of nitrogens with one attached hydrogen (secondary N) is 1. The van der Waals surface area contributed by atoms with Crippen LogP contribution >= 0.6 is 0 Å². The fraction of sp³-hybridized carbons (Fsp3) is 0.308. The maximum absolute atomic E-state index is 13.1. The minimum Gasteiger partial charge on any atom is -0.489 e. The third kappa shape index (κ3) is 4.97. The van der Waals surface area contributed by atoms with Gasteiger partial charge in [0, 0.05) is 26.3 Å². The van der Waals surface area contributed by atoms with Crippen LogP contribution in [-0.4, -0.2) is 35.9 Å². The number of likely N-dealkylation sites (N-methyl/N-ethyl adjacent to an activating group) is 1. The van der Waals surface area contributed by atoms with E-state index in [9.17, 15) is 9.18 Å². The molecule has 1 N–H and O–H groups in total. The van der Waals surface area contributed by atoms with Crippen LogP contribution in [0.1, 0.15) is 29.7 Å². The van der Waals surface area contributed by atoms with Crippen molar-refractivity contribution in [3.05, 3.63) is 95.6 Å². The lowest BCUT2D eigenvalue weighted by Crippen LogP contribution is -2.54. The minimum absolute atomic E-state index is 0.0114. The second kappa shape index (κ2) is 9.92. The number of rotatable bonds is 7. The highest BCUT2D eigenvalue weighted by Crippen LogP contribution is 2.34. The van der Waals surface area contributed by atoms with E-state index in [1.165, 1.54) is 12.1 Å². The number of hydrogen-bond acceptors (Lipinski definition) is 4. The largest absolute Gasteiger partial charge is 0.489 e. The summed E-state index contributed by atoms with van der Waals surface area (Å²) in [6.45, 7) is 2.64. The fourth-order valence-electron chi connectivity index (χ4n) is 4.41. The molecule has 0 bridgehead atoms. The van der Waals surface area contributed by atoms with E-state index < -0.39 is 5.41 Å². The molecular weight excluding hydrogens is 405 g/mol. The van der Waals surface area contributed by atoms with Gasteiger partial charge in [-0.05, 0) is 66.9 Å². The van der Waals surface area contributed by atoms with Crippen molar-refractivity contribution in [2.45, 2.75) is 31.4 Å². The molecule has 1 aliphatic heterocycles. The van der Waals surface area contributed by atoms with Gasteiger partial charge in [0.2, 0.25) is 5.91 Å². The average Bonchev–Trinajstić information content (AvgIpc) is 2.84. The molecule has 1 aliphatic rings. The molecule has 0 aliphatic carbocycles. The highest BCUT2D eigenvalue weighted by molar-refractivity contribution is 5.88. The summed E-state index contributed by atoms with van der Waals surface area (Å²) in [5, 5.41) is 2.85. The number of likely N-dealkylation sites (tertiary alicyclic amines) is 1. The molecule has 6 heteroatoms. The first-order valence-corrected chi connectivity index (χ1v) is 10.9. The molecule has 4 rings (SSSR count). The van der Waals surface area contributed by atoms with Gasteiger partial charge in [0.15, 0.2) is 0 Å². The van der Waals surface area contributed by atoms with E-state index in [-0.39, 0.29) is 11.7 Å². The molecule has 3 aromatic rings. The van der Waals surface area contributed by atoms with E-state index in [4.69, 9.17) is 4.74 Å². The molecule has 1 saturated heterocycles.